The molecule has 0 spiro atoms. The first-order valence-electron chi connectivity index (χ1n) is 17.0. The van der Waals surface area contributed by atoms with Gasteiger partial charge in [0.25, 0.3) is 0 Å². The number of thiazole rings is 2. The normalized spacial score (nSPS) is 11.2. The van der Waals surface area contributed by atoms with Crippen LogP contribution in [0.1, 0.15) is 11.1 Å². The molecule has 0 bridgehead atoms. The Bertz CT molecular complexity index is 2340. The lowest BCUT2D eigenvalue weighted by molar-refractivity contribution is 0.475. The molecule has 0 radical (unpaired) electrons. The molecule has 0 fully saturated rings. The third-order valence-electron chi connectivity index (χ3n) is 8.93. The summed E-state index contributed by atoms with van der Waals surface area (Å²) in [5.74, 6) is 1.61. The van der Waals surface area contributed by atoms with Crippen LogP contribution in [-0.2, 0) is 0 Å². The van der Waals surface area contributed by atoms with Crippen LogP contribution in [0, 0.1) is 13.8 Å². The maximum atomic E-state index is 6.59. The number of aryl methyl sites for hydroxylation is 2. The average Bonchev–Trinajstić information content (AvgIpc) is 3.87. The van der Waals surface area contributed by atoms with Crippen molar-refractivity contribution in [1.29, 1.82) is 0 Å². The Morgan fingerprint density at radius 2 is 0.830 bits per heavy atom. The highest BCUT2D eigenvalue weighted by atomic mass is 32.2. The molecule has 53 heavy (non-hydrogen) atoms. The standard InChI is InChI=1S/C44H34N4OS4/c1-27-25-33(39-41(29-17-21-45-22-18-29)52-43(47-39)31-5-11-35(50-3)12-6-31)9-15-37(27)49-38-16-10-34(26-28(38)2)40-42(30-19-23-46-24-20-30)53-44(48-40)32-7-13-36(51-4)14-8-32/h5-26H,1-4H3. The lowest BCUT2D eigenvalue weighted by Crippen LogP contribution is -1.93. The van der Waals surface area contributed by atoms with E-state index in [1.165, 1.54) is 9.79 Å². The lowest BCUT2D eigenvalue weighted by Gasteiger charge is -2.13. The molecule has 5 nitrogen and oxygen atoms in total. The molecule has 4 heterocycles. The van der Waals surface area contributed by atoms with Crippen molar-refractivity contribution in [2.75, 3.05) is 12.5 Å². The van der Waals surface area contributed by atoms with E-state index in [-0.39, 0.29) is 0 Å². The number of nitrogens with zero attached hydrogens (tertiary/aromatic N) is 4. The van der Waals surface area contributed by atoms with Gasteiger partial charge in [0, 0.05) is 56.8 Å². The topological polar surface area (TPSA) is 60.8 Å². The quantitative estimate of drug-likeness (QED) is 0.129. The van der Waals surface area contributed by atoms with Crippen LogP contribution in [0.15, 0.2) is 144 Å². The Balaban J connectivity index is 1.10. The minimum Gasteiger partial charge on any atom is -0.457 e. The van der Waals surface area contributed by atoms with Crippen LogP contribution in [0.2, 0.25) is 0 Å². The van der Waals surface area contributed by atoms with Gasteiger partial charge in [-0.05, 0) is 134 Å². The summed E-state index contributed by atoms with van der Waals surface area (Å²) in [6, 6.07) is 38.0. The maximum Gasteiger partial charge on any atom is 0.130 e. The number of ether oxygens (including phenoxy) is 1. The minimum atomic E-state index is 0.806. The van der Waals surface area contributed by atoms with E-state index in [4.69, 9.17) is 14.7 Å². The smallest absolute Gasteiger partial charge is 0.130 e. The molecular weight excluding hydrogens is 729 g/mol. The van der Waals surface area contributed by atoms with E-state index in [1.807, 2.05) is 49.1 Å². The van der Waals surface area contributed by atoms with Crippen LogP contribution >= 0.6 is 46.2 Å². The molecule has 8 aromatic rings. The van der Waals surface area contributed by atoms with Crippen molar-refractivity contribution in [2.24, 2.45) is 0 Å². The monoisotopic (exact) mass is 762 g/mol. The van der Waals surface area contributed by atoms with Gasteiger partial charge in [0.05, 0.1) is 21.1 Å². The Labute approximate surface area is 326 Å². The third-order valence-corrected chi connectivity index (χ3v) is 12.7. The summed E-state index contributed by atoms with van der Waals surface area (Å²) < 4.78 is 6.59. The molecule has 0 aliphatic heterocycles. The Morgan fingerprint density at radius 3 is 1.19 bits per heavy atom. The average molecular weight is 763 g/mol. The first kappa shape index (κ1) is 35.0. The number of pyridine rings is 2. The Morgan fingerprint density at radius 1 is 0.453 bits per heavy atom. The van der Waals surface area contributed by atoms with Crippen LogP contribution in [-0.4, -0.2) is 32.4 Å². The van der Waals surface area contributed by atoms with E-state index < -0.39 is 0 Å². The molecule has 0 amide bonds. The molecule has 4 aromatic carbocycles. The number of rotatable bonds is 10. The van der Waals surface area contributed by atoms with E-state index in [1.54, 1.807) is 46.2 Å². The van der Waals surface area contributed by atoms with Gasteiger partial charge in [-0.15, -0.1) is 46.2 Å². The van der Waals surface area contributed by atoms with Gasteiger partial charge in [0.2, 0.25) is 0 Å². The lowest BCUT2D eigenvalue weighted by atomic mass is 10.0. The molecule has 0 aliphatic rings. The maximum absolute atomic E-state index is 6.59. The first-order chi connectivity index (χ1) is 26.0. The van der Waals surface area contributed by atoms with Crippen molar-refractivity contribution >= 4 is 46.2 Å². The van der Waals surface area contributed by atoms with Gasteiger partial charge in [0.1, 0.15) is 21.5 Å². The van der Waals surface area contributed by atoms with Crippen LogP contribution in [0.3, 0.4) is 0 Å². The number of benzene rings is 4. The summed E-state index contributed by atoms with van der Waals surface area (Å²) in [4.78, 5) is 23.6. The van der Waals surface area contributed by atoms with Crippen molar-refractivity contribution in [3.05, 3.63) is 145 Å². The van der Waals surface area contributed by atoms with Crippen LogP contribution < -0.4 is 4.74 Å². The number of aromatic nitrogens is 4. The number of thioether (sulfide) groups is 2. The fourth-order valence-electron chi connectivity index (χ4n) is 6.08. The van der Waals surface area contributed by atoms with Gasteiger partial charge in [-0.25, -0.2) is 9.97 Å². The molecule has 0 atom stereocenters. The highest BCUT2D eigenvalue weighted by Crippen LogP contribution is 2.44. The van der Waals surface area contributed by atoms with E-state index >= 15 is 0 Å². The second-order valence-corrected chi connectivity index (χ2v) is 16.1. The summed E-state index contributed by atoms with van der Waals surface area (Å²) in [6.45, 7) is 4.18. The zero-order chi connectivity index (χ0) is 36.3. The fraction of sp³-hybridized carbons (Fsp3) is 0.0909. The SMILES string of the molecule is CSc1ccc(-c2nc(-c3ccc(Oc4ccc(-c5nc(-c6ccc(SC)cc6)sc5-c5ccncc5)cc4C)c(C)c3)c(-c3ccncc3)s2)cc1. The third kappa shape index (κ3) is 7.43. The summed E-state index contributed by atoms with van der Waals surface area (Å²) in [7, 11) is 0. The molecule has 4 aromatic heterocycles. The molecule has 0 aliphatic carbocycles. The van der Waals surface area contributed by atoms with E-state index in [9.17, 15) is 0 Å². The molecule has 0 saturated heterocycles. The molecular formula is C44H34N4OS4. The Hall–Kier alpha value is -5.06. The summed E-state index contributed by atoms with van der Waals surface area (Å²) in [6.07, 6.45) is 11.5. The Kier molecular flexibility index (Phi) is 10.2. The molecule has 0 saturated carbocycles. The van der Waals surface area contributed by atoms with Crippen LogP contribution in [0.4, 0.5) is 0 Å². The van der Waals surface area contributed by atoms with Crippen molar-refractivity contribution in [3.8, 4) is 76.0 Å². The predicted octanol–water partition coefficient (Wildman–Crippen LogP) is 13.2. The van der Waals surface area contributed by atoms with Gasteiger partial charge < -0.3 is 4.74 Å². The number of hydrogen-bond donors (Lipinski definition) is 0. The van der Waals surface area contributed by atoms with E-state index in [2.05, 4.69) is 121 Å². The minimum absolute atomic E-state index is 0.806. The largest absolute Gasteiger partial charge is 0.457 e. The molecule has 8 rings (SSSR count). The van der Waals surface area contributed by atoms with Crippen LogP contribution in [0.5, 0.6) is 11.5 Å². The zero-order valence-corrected chi connectivity index (χ0v) is 32.8. The van der Waals surface area contributed by atoms with E-state index in [0.29, 0.717) is 0 Å². The highest BCUT2D eigenvalue weighted by molar-refractivity contribution is 7.98. The van der Waals surface area contributed by atoms with Crippen LogP contribution in [0.25, 0.3) is 64.5 Å². The van der Waals surface area contributed by atoms with Crippen molar-refractivity contribution in [2.45, 2.75) is 23.6 Å². The fourth-order valence-corrected chi connectivity index (χ4v) is 9.10. The second kappa shape index (κ2) is 15.5. The second-order valence-electron chi connectivity index (χ2n) is 12.4. The summed E-state index contributed by atoms with van der Waals surface area (Å²) in [5, 5.41) is 1.97. The summed E-state index contributed by atoms with van der Waals surface area (Å²) >= 11 is 6.88. The van der Waals surface area contributed by atoms with Crippen molar-refractivity contribution in [1.82, 2.24) is 19.9 Å². The van der Waals surface area contributed by atoms with Gasteiger partial charge >= 0.3 is 0 Å². The molecule has 9 heteroatoms. The van der Waals surface area contributed by atoms with Crippen molar-refractivity contribution in [3.63, 3.8) is 0 Å². The van der Waals surface area contributed by atoms with Gasteiger partial charge in [-0.3, -0.25) is 9.97 Å². The van der Waals surface area contributed by atoms with Gasteiger partial charge in [-0.1, -0.05) is 24.3 Å². The highest BCUT2D eigenvalue weighted by Gasteiger charge is 2.20. The predicted molar refractivity (Wildman–Crippen MR) is 226 cm³/mol. The summed E-state index contributed by atoms with van der Waals surface area (Å²) in [5.41, 5.74) is 10.5. The zero-order valence-electron chi connectivity index (χ0n) is 29.5. The van der Waals surface area contributed by atoms with Gasteiger partial charge in [-0.2, -0.15) is 0 Å². The van der Waals surface area contributed by atoms with Gasteiger partial charge in [0.15, 0.2) is 0 Å². The number of hydrogen-bond acceptors (Lipinski definition) is 9. The van der Waals surface area contributed by atoms with E-state index in [0.717, 1.165) is 87.2 Å². The molecule has 0 N–H and O–H groups in total. The molecule has 0 unspecified atom stereocenters. The molecule has 260 valence electrons. The van der Waals surface area contributed by atoms with Crippen molar-refractivity contribution < 1.29 is 4.74 Å². The first-order valence-corrected chi connectivity index (χ1v) is 21.1.